The van der Waals surface area contributed by atoms with Crippen molar-refractivity contribution in [2.45, 2.75) is 30.9 Å². The van der Waals surface area contributed by atoms with Gasteiger partial charge in [0.1, 0.15) is 0 Å². The van der Waals surface area contributed by atoms with Gasteiger partial charge >= 0.3 is 0 Å². The summed E-state index contributed by atoms with van der Waals surface area (Å²) >= 11 is 2.09. The van der Waals surface area contributed by atoms with Gasteiger partial charge in [0.15, 0.2) is 0 Å². The monoisotopic (exact) mass is 279 g/mol. The highest BCUT2D eigenvalue weighted by molar-refractivity contribution is 8.00. The average Bonchev–Trinajstić information content (AvgIpc) is 2.48. The first-order chi connectivity index (χ1) is 9.18. The summed E-state index contributed by atoms with van der Waals surface area (Å²) in [7, 11) is 0. The van der Waals surface area contributed by atoms with E-state index < -0.39 is 0 Å². The number of benzene rings is 1. The van der Waals surface area contributed by atoms with Crippen molar-refractivity contribution in [3.05, 3.63) is 35.9 Å². The highest BCUT2D eigenvalue weighted by Crippen LogP contribution is 2.28. The van der Waals surface area contributed by atoms with E-state index in [4.69, 9.17) is 0 Å². The number of hydrogen-bond acceptors (Lipinski definition) is 3. The van der Waals surface area contributed by atoms with Crippen LogP contribution >= 0.6 is 11.8 Å². The largest absolute Gasteiger partial charge is 0.395 e. The van der Waals surface area contributed by atoms with Crippen molar-refractivity contribution in [2.24, 2.45) is 0 Å². The van der Waals surface area contributed by atoms with Crippen molar-refractivity contribution in [3.63, 3.8) is 0 Å². The van der Waals surface area contributed by atoms with E-state index in [0.717, 1.165) is 24.9 Å². The summed E-state index contributed by atoms with van der Waals surface area (Å²) < 4.78 is 0. The number of hydrogen-bond donors (Lipinski definition) is 1. The Morgan fingerprint density at radius 1 is 1.37 bits per heavy atom. The van der Waals surface area contributed by atoms with Crippen LogP contribution in [0.15, 0.2) is 30.3 Å². The second-order valence-electron chi connectivity index (χ2n) is 5.72. The summed E-state index contributed by atoms with van der Waals surface area (Å²) in [4.78, 5) is 2.52. The van der Waals surface area contributed by atoms with Gasteiger partial charge in [0, 0.05) is 36.1 Å². The van der Waals surface area contributed by atoms with Crippen LogP contribution in [0.3, 0.4) is 0 Å². The van der Waals surface area contributed by atoms with Gasteiger partial charge in [0.25, 0.3) is 0 Å². The van der Waals surface area contributed by atoms with Gasteiger partial charge < -0.3 is 10.0 Å². The van der Waals surface area contributed by atoms with E-state index in [-0.39, 0.29) is 12.0 Å². The molecule has 1 heterocycles. The predicted octanol–water partition coefficient (Wildman–Crippen LogP) is 2.76. The van der Waals surface area contributed by atoms with Crippen LogP contribution in [-0.2, 0) is 5.41 Å². The number of rotatable bonds is 5. The molecular formula is C16H25NOS. The van der Waals surface area contributed by atoms with Gasteiger partial charge in [-0.3, -0.25) is 0 Å². The molecule has 2 rings (SSSR count). The second kappa shape index (κ2) is 6.78. The molecule has 2 unspecified atom stereocenters. The Kier molecular flexibility index (Phi) is 5.31. The maximum Gasteiger partial charge on any atom is 0.0537 e. The Labute approximate surface area is 121 Å². The van der Waals surface area contributed by atoms with Crippen LogP contribution in [0.1, 0.15) is 25.8 Å². The fourth-order valence-electron chi connectivity index (χ4n) is 2.74. The van der Waals surface area contributed by atoms with E-state index in [9.17, 15) is 5.11 Å². The van der Waals surface area contributed by atoms with Gasteiger partial charge in [-0.15, -0.1) is 0 Å². The van der Waals surface area contributed by atoms with E-state index in [1.807, 2.05) is 6.07 Å². The SMILES string of the molecule is CCC1CN(CC(C)(CO)c2ccccc2)CCS1. The molecule has 0 bridgehead atoms. The molecule has 1 aliphatic rings. The van der Waals surface area contributed by atoms with Gasteiger partial charge in [-0.25, -0.2) is 0 Å². The van der Waals surface area contributed by atoms with E-state index in [1.54, 1.807) is 0 Å². The van der Waals surface area contributed by atoms with Crippen molar-refractivity contribution < 1.29 is 5.11 Å². The molecule has 106 valence electrons. The molecule has 0 spiro atoms. The Hall–Kier alpha value is -0.510. The van der Waals surface area contributed by atoms with Gasteiger partial charge in [-0.1, -0.05) is 44.2 Å². The first kappa shape index (κ1) is 14.9. The third-order valence-corrected chi connectivity index (χ3v) is 5.44. The Balaban J connectivity index is 2.06. The van der Waals surface area contributed by atoms with Gasteiger partial charge in [-0.05, 0) is 12.0 Å². The Morgan fingerprint density at radius 3 is 2.74 bits per heavy atom. The molecule has 3 heteroatoms. The first-order valence-electron chi connectivity index (χ1n) is 7.18. The molecule has 2 atom stereocenters. The molecule has 0 amide bonds. The standard InChI is InChI=1S/C16H25NOS/c1-3-15-11-17(9-10-19-15)12-16(2,13-18)14-7-5-4-6-8-14/h4-8,15,18H,3,9-13H2,1-2H3. The zero-order chi connectivity index (χ0) is 13.7. The fourth-order valence-corrected chi connectivity index (χ4v) is 3.99. The lowest BCUT2D eigenvalue weighted by Crippen LogP contribution is -2.46. The molecule has 1 saturated heterocycles. The molecule has 0 aliphatic carbocycles. The summed E-state index contributed by atoms with van der Waals surface area (Å²) in [6.07, 6.45) is 1.24. The Bertz CT molecular complexity index is 384. The molecule has 0 radical (unpaired) electrons. The van der Waals surface area contributed by atoms with Crippen LogP contribution in [-0.4, -0.2) is 47.3 Å². The molecule has 1 aromatic rings. The van der Waals surface area contributed by atoms with Crippen LogP contribution in [0.2, 0.25) is 0 Å². The van der Waals surface area contributed by atoms with Gasteiger partial charge in [0.2, 0.25) is 0 Å². The lowest BCUT2D eigenvalue weighted by atomic mass is 9.82. The Morgan fingerprint density at radius 2 is 2.11 bits per heavy atom. The minimum atomic E-state index is -0.151. The van der Waals surface area contributed by atoms with Gasteiger partial charge in [-0.2, -0.15) is 11.8 Å². The number of aliphatic hydroxyl groups excluding tert-OH is 1. The minimum Gasteiger partial charge on any atom is -0.395 e. The number of thioether (sulfide) groups is 1. The molecule has 0 aromatic heterocycles. The molecule has 1 aromatic carbocycles. The van der Waals surface area contributed by atoms with Crippen molar-refractivity contribution in [2.75, 3.05) is 32.0 Å². The summed E-state index contributed by atoms with van der Waals surface area (Å²) in [6, 6.07) is 10.4. The minimum absolute atomic E-state index is 0.151. The van der Waals surface area contributed by atoms with Crippen LogP contribution < -0.4 is 0 Å². The summed E-state index contributed by atoms with van der Waals surface area (Å²) in [5.74, 6) is 1.22. The second-order valence-corrected chi connectivity index (χ2v) is 7.13. The highest BCUT2D eigenvalue weighted by atomic mass is 32.2. The summed E-state index contributed by atoms with van der Waals surface area (Å²) in [5.41, 5.74) is 1.09. The molecule has 1 N–H and O–H groups in total. The van der Waals surface area contributed by atoms with Crippen LogP contribution in [0.4, 0.5) is 0 Å². The lowest BCUT2D eigenvalue weighted by molar-refractivity contribution is 0.145. The third kappa shape index (κ3) is 3.74. The molecule has 1 aliphatic heterocycles. The normalized spacial score (nSPS) is 24.1. The highest BCUT2D eigenvalue weighted by Gasteiger charge is 2.30. The van der Waals surface area contributed by atoms with Crippen molar-refractivity contribution in [1.29, 1.82) is 0 Å². The van der Waals surface area contributed by atoms with Crippen molar-refractivity contribution in [1.82, 2.24) is 4.90 Å². The third-order valence-electron chi connectivity index (χ3n) is 4.07. The van der Waals surface area contributed by atoms with E-state index in [1.165, 1.54) is 17.7 Å². The van der Waals surface area contributed by atoms with Gasteiger partial charge in [0.05, 0.1) is 6.61 Å². The zero-order valence-electron chi connectivity index (χ0n) is 12.0. The molecular weight excluding hydrogens is 254 g/mol. The number of nitrogens with zero attached hydrogens (tertiary/aromatic N) is 1. The van der Waals surface area contributed by atoms with Crippen molar-refractivity contribution in [3.8, 4) is 0 Å². The fraction of sp³-hybridized carbons (Fsp3) is 0.625. The predicted molar refractivity (Wildman–Crippen MR) is 83.9 cm³/mol. The first-order valence-corrected chi connectivity index (χ1v) is 8.23. The summed E-state index contributed by atoms with van der Waals surface area (Å²) in [6.45, 7) is 7.89. The zero-order valence-corrected chi connectivity index (χ0v) is 12.8. The van der Waals surface area contributed by atoms with E-state index in [0.29, 0.717) is 0 Å². The molecule has 1 fully saturated rings. The summed E-state index contributed by atoms with van der Waals surface area (Å²) in [5, 5.41) is 10.6. The van der Waals surface area contributed by atoms with E-state index in [2.05, 4.69) is 54.8 Å². The molecule has 2 nitrogen and oxygen atoms in total. The molecule has 0 saturated carbocycles. The smallest absolute Gasteiger partial charge is 0.0537 e. The van der Waals surface area contributed by atoms with Crippen LogP contribution in [0.25, 0.3) is 0 Å². The van der Waals surface area contributed by atoms with Crippen molar-refractivity contribution >= 4 is 11.8 Å². The van der Waals surface area contributed by atoms with Crippen LogP contribution in [0, 0.1) is 0 Å². The molecule has 19 heavy (non-hydrogen) atoms. The average molecular weight is 279 g/mol. The quantitative estimate of drug-likeness (QED) is 0.896. The maximum atomic E-state index is 9.86. The lowest BCUT2D eigenvalue weighted by Gasteiger charge is -2.38. The van der Waals surface area contributed by atoms with E-state index >= 15 is 0 Å². The van der Waals surface area contributed by atoms with Crippen LogP contribution in [0.5, 0.6) is 0 Å². The maximum absolute atomic E-state index is 9.86. The number of aliphatic hydroxyl groups is 1. The topological polar surface area (TPSA) is 23.5 Å².